The number of rotatable bonds is 3. The number of aromatic nitrogens is 2. The Bertz CT molecular complexity index is 757. The van der Waals surface area contributed by atoms with Crippen LogP contribution in [0.15, 0.2) is 24.5 Å². The van der Waals surface area contributed by atoms with Gasteiger partial charge in [0.25, 0.3) is 0 Å². The van der Waals surface area contributed by atoms with E-state index in [2.05, 4.69) is 33.9 Å². The molecule has 5 heteroatoms. The van der Waals surface area contributed by atoms with E-state index in [0.717, 1.165) is 42.7 Å². The number of aryl methyl sites for hydroxylation is 1. The van der Waals surface area contributed by atoms with Crippen molar-refractivity contribution in [1.82, 2.24) is 9.97 Å². The van der Waals surface area contributed by atoms with Crippen LogP contribution in [0.25, 0.3) is 10.9 Å². The van der Waals surface area contributed by atoms with Gasteiger partial charge >= 0.3 is 5.97 Å². The number of hydrogen-bond donors (Lipinski definition) is 0. The van der Waals surface area contributed by atoms with Crippen molar-refractivity contribution in [2.75, 3.05) is 25.1 Å². The minimum Gasteiger partial charge on any atom is -0.469 e. The number of benzene rings is 1. The van der Waals surface area contributed by atoms with Gasteiger partial charge in [-0.1, -0.05) is 11.6 Å². The Morgan fingerprint density at radius 1 is 1.33 bits per heavy atom. The van der Waals surface area contributed by atoms with Gasteiger partial charge in [-0.15, -0.1) is 0 Å². The fraction of sp³-hybridized carbons (Fsp3) is 0.526. The van der Waals surface area contributed by atoms with Crippen LogP contribution in [0.5, 0.6) is 0 Å². The molecule has 0 saturated carbocycles. The number of ether oxygens (including phenoxy) is 1. The Labute approximate surface area is 143 Å². The zero-order valence-corrected chi connectivity index (χ0v) is 14.9. The number of carbonyl (C=O) groups excluding carboxylic acids is 1. The van der Waals surface area contributed by atoms with Crippen LogP contribution in [-0.4, -0.2) is 36.1 Å². The molecule has 1 aliphatic heterocycles. The normalized spacial score (nSPS) is 18.7. The highest BCUT2D eigenvalue weighted by Gasteiger charge is 2.40. The van der Waals surface area contributed by atoms with Crippen LogP contribution < -0.4 is 4.90 Å². The molecule has 5 nitrogen and oxygen atoms in total. The first-order chi connectivity index (χ1) is 11.4. The molecule has 2 aromatic rings. The van der Waals surface area contributed by atoms with Gasteiger partial charge < -0.3 is 9.64 Å². The summed E-state index contributed by atoms with van der Waals surface area (Å²) in [5, 5.41) is 1.08. The summed E-state index contributed by atoms with van der Waals surface area (Å²) in [6.07, 6.45) is 3.70. The topological polar surface area (TPSA) is 55.3 Å². The first kappa shape index (κ1) is 16.7. The van der Waals surface area contributed by atoms with Crippen LogP contribution in [0.3, 0.4) is 0 Å². The summed E-state index contributed by atoms with van der Waals surface area (Å²) in [4.78, 5) is 23.4. The van der Waals surface area contributed by atoms with Gasteiger partial charge in [0.2, 0.25) is 0 Å². The van der Waals surface area contributed by atoms with E-state index in [1.807, 2.05) is 19.9 Å². The van der Waals surface area contributed by atoms with Crippen molar-refractivity contribution in [2.45, 2.75) is 33.6 Å². The van der Waals surface area contributed by atoms with Crippen molar-refractivity contribution in [3.05, 3.63) is 30.1 Å². The SMILES string of the molecule is COC(=O)C(C)(C)C1CCCN(c2ncnc3ccc(C)cc23)C1. The Balaban J connectivity index is 1.93. The Kier molecular flexibility index (Phi) is 4.43. The molecule has 2 heterocycles. The molecule has 0 amide bonds. The minimum atomic E-state index is -0.494. The van der Waals surface area contributed by atoms with Crippen molar-refractivity contribution >= 4 is 22.7 Å². The largest absolute Gasteiger partial charge is 0.469 e. The van der Waals surface area contributed by atoms with Gasteiger partial charge in [0.05, 0.1) is 18.0 Å². The lowest BCUT2D eigenvalue weighted by Crippen LogP contribution is -2.45. The lowest BCUT2D eigenvalue weighted by Gasteiger charge is -2.40. The maximum Gasteiger partial charge on any atom is 0.311 e. The number of esters is 1. The highest BCUT2D eigenvalue weighted by molar-refractivity contribution is 5.90. The van der Waals surface area contributed by atoms with Gasteiger partial charge in [-0.3, -0.25) is 4.79 Å². The third-order valence-electron chi connectivity index (χ3n) is 5.22. The van der Waals surface area contributed by atoms with Crippen LogP contribution in [0.2, 0.25) is 0 Å². The monoisotopic (exact) mass is 327 g/mol. The molecule has 1 atom stereocenters. The third kappa shape index (κ3) is 2.95. The molecule has 0 radical (unpaired) electrons. The van der Waals surface area contributed by atoms with Crippen LogP contribution in [0.1, 0.15) is 32.3 Å². The summed E-state index contributed by atoms with van der Waals surface area (Å²) in [6.45, 7) is 7.80. The van der Waals surface area contributed by atoms with E-state index in [0.29, 0.717) is 0 Å². The molecule has 1 aromatic carbocycles. The molecular weight excluding hydrogens is 302 g/mol. The van der Waals surface area contributed by atoms with Crippen LogP contribution in [0.4, 0.5) is 5.82 Å². The van der Waals surface area contributed by atoms with E-state index in [1.54, 1.807) is 6.33 Å². The zero-order valence-electron chi connectivity index (χ0n) is 14.9. The van der Waals surface area contributed by atoms with E-state index in [1.165, 1.54) is 12.7 Å². The maximum atomic E-state index is 12.2. The lowest BCUT2D eigenvalue weighted by molar-refractivity contribution is -0.154. The quantitative estimate of drug-likeness (QED) is 0.809. The second-order valence-corrected chi connectivity index (χ2v) is 7.22. The standard InChI is InChI=1S/C19H25N3O2/c1-13-7-8-16-15(10-13)17(21-12-20-16)22-9-5-6-14(11-22)19(2,3)18(23)24-4/h7-8,10,12,14H,5-6,9,11H2,1-4H3. The van der Waals surface area contributed by atoms with Crippen molar-refractivity contribution in [3.63, 3.8) is 0 Å². The van der Waals surface area contributed by atoms with E-state index in [9.17, 15) is 4.79 Å². The predicted octanol–water partition coefficient (Wildman–Crippen LogP) is 3.35. The third-order valence-corrected chi connectivity index (χ3v) is 5.22. The molecule has 128 valence electrons. The van der Waals surface area contributed by atoms with Crippen LogP contribution in [0, 0.1) is 18.3 Å². The van der Waals surface area contributed by atoms with Crippen molar-refractivity contribution in [2.24, 2.45) is 11.3 Å². The van der Waals surface area contributed by atoms with E-state index in [-0.39, 0.29) is 11.9 Å². The number of fused-ring (bicyclic) bond motifs is 1. The van der Waals surface area contributed by atoms with Gasteiger partial charge in [0.1, 0.15) is 12.1 Å². The number of methoxy groups -OCH3 is 1. The van der Waals surface area contributed by atoms with Gasteiger partial charge in [-0.25, -0.2) is 9.97 Å². The molecule has 0 aliphatic carbocycles. The summed E-state index contributed by atoms with van der Waals surface area (Å²) in [5.41, 5.74) is 1.66. The fourth-order valence-electron chi connectivity index (χ4n) is 3.60. The Morgan fingerprint density at radius 3 is 2.88 bits per heavy atom. The number of hydrogen-bond acceptors (Lipinski definition) is 5. The van der Waals surface area contributed by atoms with Crippen LogP contribution >= 0.6 is 0 Å². The minimum absolute atomic E-state index is 0.141. The van der Waals surface area contributed by atoms with Gasteiger partial charge in [-0.2, -0.15) is 0 Å². The Morgan fingerprint density at radius 2 is 2.12 bits per heavy atom. The zero-order chi connectivity index (χ0) is 17.3. The highest BCUT2D eigenvalue weighted by atomic mass is 16.5. The van der Waals surface area contributed by atoms with Crippen molar-refractivity contribution in [1.29, 1.82) is 0 Å². The van der Waals surface area contributed by atoms with E-state index < -0.39 is 5.41 Å². The van der Waals surface area contributed by atoms with Gasteiger partial charge in [-0.05, 0) is 51.7 Å². The molecule has 1 unspecified atom stereocenters. The average Bonchev–Trinajstić information content (AvgIpc) is 2.60. The predicted molar refractivity (Wildman–Crippen MR) is 95.0 cm³/mol. The number of anilines is 1. The highest BCUT2D eigenvalue weighted by Crippen LogP contribution is 2.37. The van der Waals surface area contributed by atoms with E-state index in [4.69, 9.17) is 4.74 Å². The lowest BCUT2D eigenvalue weighted by atomic mass is 9.74. The molecule has 3 rings (SSSR count). The van der Waals surface area contributed by atoms with Crippen molar-refractivity contribution < 1.29 is 9.53 Å². The maximum absolute atomic E-state index is 12.2. The number of nitrogens with zero attached hydrogens (tertiary/aromatic N) is 3. The molecule has 0 spiro atoms. The van der Waals surface area contributed by atoms with Gasteiger partial charge in [0, 0.05) is 18.5 Å². The summed E-state index contributed by atoms with van der Waals surface area (Å²) < 4.78 is 5.01. The molecule has 0 bridgehead atoms. The van der Waals surface area contributed by atoms with Crippen LogP contribution in [-0.2, 0) is 9.53 Å². The first-order valence-electron chi connectivity index (χ1n) is 8.48. The summed E-state index contributed by atoms with van der Waals surface area (Å²) in [5.74, 6) is 1.07. The van der Waals surface area contributed by atoms with E-state index >= 15 is 0 Å². The first-order valence-corrected chi connectivity index (χ1v) is 8.48. The molecule has 1 fully saturated rings. The molecule has 0 N–H and O–H groups in total. The number of piperidine rings is 1. The summed E-state index contributed by atoms with van der Waals surface area (Å²) >= 11 is 0. The number of carbonyl (C=O) groups is 1. The molecule has 1 aromatic heterocycles. The molecule has 1 saturated heterocycles. The second-order valence-electron chi connectivity index (χ2n) is 7.22. The van der Waals surface area contributed by atoms with Gasteiger partial charge in [0.15, 0.2) is 0 Å². The fourth-order valence-corrected chi connectivity index (χ4v) is 3.60. The summed E-state index contributed by atoms with van der Waals surface area (Å²) in [6, 6.07) is 6.24. The molecular formula is C19H25N3O2. The Hall–Kier alpha value is -2.17. The van der Waals surface area contributed by atoms with Crippen molar-refractivity contribution in [3.8, 4) is 0 Å². The molecule has 1 aliphatic rings. The second kappa shape index (κ2) is 6.38. The average molecular weight is 327 g/mol. The smallest absolute Gasteiger partial charge is 0.311 e. The summed E-state index contributed by atoms with van der Waals surface area (Å²) in [7, 11) is 1.46. The molecule has 24 heavy (non-hydrogen) atoms.